The number of aromatic nitrogens is 3. The molecule has 0 atom stereocenters. The number of fused-ring (bicyclic) bond motifs is 1. The van der Waals surface area contributed by atoms with Gasteiger partial charge in [-0.3, -0.25) is 0 Å². The molecule has 8 nitrogen and oxygen atoms in total. The van der Waals surface area contributed by atoms with Crippen LogP contribution in [0.25, 0.3) is 11.1 Å². The van der Waals surface area contributed by atoms with E-state index in [4.69, 9.17) is 9.05 Å². The third kappa shape index (κ3) is 3.04. The van der Waals surface area contributed by atoms with Crippen molar-refractivity contribution in [1.82, 2.24) is 19.6 Å². The number of hydrogen-bond donors (Lipinski definition) is 0. The van der Waals surface area contributed by atoms with Gasteiger partial charge >= 0.3 is 0 Å². The molecule has 3 aromatic heterocycles. The average molecular weight is 388 g/mol. The van der Waals surface area contributed by atoms with E-state index in [1.165, 1.54) is 10.5 Å². The van der Waals surface area contributed by atoms with Gasteiger partial charge in [0.15, 0.2) is 0 Å². The van der Waals surface area contributed by atoms with E-state index in [1.54, 1.807) is 6.07 Å². The predicted molar refractivity (Wildman–Crippen MR) is 95.4 cm³/mol. The van der Waals surface area contributed by atoms with Gasteiger partial charge in [0.2, 0.25) is 10.0 Å². The van der Waals surface area contributed by atoms with E-state index in [0.29, 0.717) is 34.8 Å². The first-order valence-electron chi connectivity index (χ1n) is 9.28. The molecule has 0 unspecified atom stereocenters. The second-order valence-corrected chi connectivity index (χ2v) is 9.17. The first kappa shape index (κ1) is 16.9. The van der Waals surface area contributed by atoms with E-state index < -0.39 is 10.0 Å². The van der Waals surface area contributed by atoms with Crippen LogP contribution in [0.5, 0.6) is 0 Å². The molecule has 2 saturated carbocycles. The lowest BCUT2D eigenvalue weighted by Gasteiger charge is -2.20. The SMILES string of the molecule is CCc1noc2ncc(S(=O)(=O)N(Cc3cc(C4CC4)on3)C3CC3)cc12. The zero-order valence-corrected chi connectivity index (χ0v) is 15.8. The first-order chi connectivity index (χ1) is 13.1. The summed E-state index contributed by atoms with van der Waals surface area (Å²) in [6.07, 6.45) is 5.93. The third-order valence-corrected chi connectivity index (χ3v) is 7.01. The van der Waals surface area contributed by atoms with Gasteiger partial charge in [-0.05, 0) is 38.2 Å². The van der Waals surface area contributed by atoms with Crippen LogP contribution in [0.1, 0.15) is 55.7 Å². The molecule has 3 aromatic rings. The highest BCUT2D eigenvalue weighted by atomic mass is 32.2. The van der Waals surface area contributed by atoms with Crippen LogP contribution < -0.4 is 0 Å². The van der Waals surface area contributed by atoms with Gasteiger partial charge < -0.3 is 9.05 Å². The Morgan fingerprint density at radius 2 is 1.96 bits per heavy atom. The molecule has 5 rings (SSSR count). The van der Waals surface area contributed by atoms with Crippen molar-refractivity contribution in [3.63, 3.8) is 0 Å². The van der Waals surface area contributed by atoms with E-state index in [2.05, 4.69) is 15.3 Å². The quantitative estimate of drug-likeness (QED) is 0.613. The Kier molecular flexibility index (Phi) is 3.83. The molecule has 0 saturated heterocycles. The summed E-state index contributed by atoms with van der Waals surface area (Å²) in [7, 11) is -3.71. The van der Waals surface area contributed by atoms with Crippen molar-refractivity contribution in [3.8, 4) is 0 Å². The summed E-state index contributed by atoms with van der Waals surface area (Å²) in [6, 6.07) is 3.50. The monoisotopic (exact) mass is 388 g/mol. The Bertz CT molecular complexity index is 1100. The van der Waals surface area contributed by atoms with Crippen LogP contribution in [-0.2, 0) is 23.0 Å². The highest BCUT2D eigenvalue weighted by molar-refractivity contribution is 7.89. The molecule has 0 aromatic carbocycles. The number of hydrogen-bond acceptors (Lipinski definition) is 7. The second kappa shape index (κ2) is 6.13. The van der Waals surface area contributed by atoms with Crippen LogP contribution in [0.2, 0.25) is 0 Å². The molecule has 0 N–H and O–H groups in total. The molecule has 3 heterocycles. The maximum Gasteiger partial charge on any atom is 0.258 e. The van der Waals surface area contributed by atoms with Crippen LogP contribution in [0, 0.1) is 0 Å². The normalized spacial score (nSPS) is 17.9. The van der Waals surface area contributed by atoms with Gasteiger partial charge in [-0.2, -0.15) is 4.31 Å². The van der Waals surface area contributed by atoms with Crippen LogP contribution in [0.4, 0.5) is 0 Å². The molecular weight excluding hydrogens is 368 g/mol. The molecule has 9 heteroatoms. The smallest absolute Gasteiger partial charge is 0.258 e. The zero-order chi connectivity index (χ0) is 18.6. The van der Waals surface area contributed by atoms with Crippen molar-refractivity contribution in [3.05, 3.63) is 35.5 Å². The number of sulfonamides is 1. The molecule has 2 aliphatic rings. The van der Waals surface area contributed by atoms with Crippen molar-refractivity contribution in [2.45, 2.75) is 62.4 Å². The largest absolute Gasteiger partial charge is 0.361 e. The van der Waals surface area contributed by atoms with Crippen molar-refractivity contribution < 1.29 is 17.5 Å². The highest BCUT2D eigenvalue weighted by Gasteiger charge is 2.39. The lowest BCUT2D eigenvalue weighted by atomic mass is 10.2. The molecule has 0 radical (unpaired) electrons. The Labute approximate surface area is 156 Å². The van der Waals surface area contributed by atoms with Gasteiger partial charge in [-0.1, -0.05) is 17.2 Å². The third-order valence-electron chi connectivity index (χ3n) is 5.15. The Hall–Kier alpha value is -2.26. The van der Waals surface area contributed by atoms with Gasteiger partial charge in [-0.25, -0.2) is 13.4 Å². The maximum absolute atomic E-state index is 13.3. The second-order valence-electron chi connectivity index (χ2n) is 7.28. The summed E-state index contributed by atoms with van der Waals surface area (Å²) in [5, 5.41) is 8.68. The highest BCUT2D eigenvalue weighted by Crippen LogP contribution is 2.41. The molecule has 0 amide bonds. The number of pyridine rings is 1. The number of nitrogens with zero attached hydrogens (tertiary/aromatic N) is 4. The van der Waals surface area contributed by atoms with Gasteiger partial charge in [0.05, 0.1) is 29.5 Å². The van der Waals surface area contributed by atoms with E-state index in [1.807, 2.05) is 13.0 Å². The number of rotatable bonds is 7. The summed E-state index contributed by atoms with van der Waals surface area (Å²) >= 11 is 0. The van der Waals surface area contributed by atoms with E-state index in [9.17, 15) is 8.42 Å². The van der Waals surface area contributed by atoms with Crippen LogP contribution in [0.3, 0.4) is 0 Å². The summed E-state index contributed by atoms with van der Waals surface area (Å²) < 4.78 is 38.7. The van der Waals surface area contributed by atoms with Crippen molar-refractivity contribution >= 4 is 21.1 Å². The van der Waals surface area contributed by atoms with E-state index in [-0.39, 0.29) is 17.5 Å². The van der Waals surface area contributed by atoms with E-state index >= 15 is 0 Å². The summed E-state index contributed by atoms with van der Waals surface area (Å²) in [6.45, 7) is 2.16. The lowest BCUT2D eigenvalue weighted by molar-refractivity contribution is 0.353. The van der Waals surface area contributed by atoms with Crippen LogP contribution in [-0.4, -0.2) is 34.1 Å². The zero-order valence-electron chi connectivity index (χ0n) is 15.0. The average Bonchev–Trinajstić information content (AvgIpc) is 3.60. The molecule has 142 valence electrons. The summed E-state index contributed by atoms with van der Waals surface area (Å²) in [5.74, 6) is 1.31. The minimum atomic E-state index is -3.71. The molecular formula is C18H20N4O4S. The van der Waals surface area contributed by atoms with Crippen molar-refractivity contribution in [2.75, 3.05) is 0 Å². The van der Waals surface area contributed by atoms with E-state index in [0.717, 1.165) is 31.4 Å². The first-order valence-corrected chi connectivity index (χ1v) is 10.7. The Balaban J connectivity index is 1.48. The standard InChI is InChI=1S/C18H20N4O4S/c1-2-16-15-8-14(9-19-18(15)26-21-16)27(23,24)22(13-5-6-13)10-12-7-17(25-20-12)11-3-4-11/h7-9,11,13H,2-6,10H2,1H3. The minimum Gasteiger partial charge on any atom is -0.361 e. The van der Waals surface area contributed by atoms with Gasteiger partial charge in [-0.15, -0.1) is 0 Å². The van der Waals surface area contributed by atoms with Crippen molar-refractivity contribution in [1.29, 1.82) is 0 Å². The molecule has 2 aliphatic carbocycles. The molecule has 2 fully saturated rings. The van der Waals surface area contributed by atoms with Crippen LogP contribution >= 0.6 is 0 Å². The summed E-state index contributed by atoms with van der Waals surface area (Å²) in [5.41, 5.74) is 1.72. The Morgan fingerprint density at radius 3 is 2.67 bits per heavy atom. The maximum atomic E-state index is 13.3. The fourth-order valence-electron chi connectivity index (χ4n) is 3.29. The van der Waals surface area contributed by atoms with Gasteiger partial charge in [0.25, 0.3) is 5.71 Å². The summed E-state index contributed by atoms with van der Waals surface area (Å²) in [4.78, 5) is 4.31. The Morgan fingerprint density at radius 1 is 1.15 bits per heavy atom. The van der Waals surface area contributed by atoms with Crippen LogP contribution in [0.15, 0.2) is 32.3 Å². The predicted octanol–water partition coefficient (Wildman–Crippen LogP) is 3.00. The topological polar surface area (TPSA) is 102 Å². The number of aryl methyl sites for hydroxylation is 1. The fraction of sp³-hybridized carbons (Fsp3) is 0.500. The molecule has 27 heavy (non-hydrogen) atoms. The minimum absolute atomic E-state index is 0.0000998. The molecule has 0 bridgehead atoms. The van der Waals surface area contributed by atoms with Gasteiger partial charge in [0, 0.05) is 18.0 Å². The molecule has 0 spiro atoms. The van der Waals surface area contributed by atoms with Gasteiger partial charge in [0.1, 0.15) is 10.7 Å². The fourth-order valence-corrected chi connectivity index (χ4v) is 4.92. The molecule has 0 aliphatic heterocycles. The van der Waals surface area contributed by atoms with Crippen molar-refractivity contribution in [2.24, 2.45) is 0 Å². The lowest BCUT2D eigenvalue weighted by Crippen LogP contribution is -2.32.